The van der Waals surface area contributed by atoms with Crippen LogP contribution in [-0.2, 0) is 0 Å². The van der Waals surface area contributed by atoms with E-state index in [1.807, 2.05) is 30.3 Å². The molecular formula is C16H25NO. The van der Waals surface area contributed by atoms with Crippen LogP contribution in [0.25, 0.3) is 0 Å². The second-order valence-electron chi connectivity index (χ2n) is 5.65. The van der Waals surface area contributed by atoms with Crippen LogP contribution in [0.1, 0.15) is 39.0 Å². The van der Waals surface area contributed by atoms with Crippen LogP contribution in [0.5, 0.6) is 5.75 Å². The Kier molecular flexibility index (Phi) is 5.06. The van der Waals surface area contributed by atoms with E-state index in [2.05, 4.69) is 6.92 Å². The highest BCUT2D eigenvalue weighted by Crippen LogP contribution is 2.30. The number of rotatable bonds is 5. The number of para-hydroxylation sites is 1. The Morgan fingerprint density at radius 1 is 1.22 bits per heavy atom. The highest BCUT2D eigenvalue weighted by molar-refractivity contribution is 5.20. The van der Waals surface area contributed by atoms with Crippen molar-refractivity contribution in [2.45, 2.75) is 45.1 Å². The topological polar surface area (TPSA) is 35.2 Å². The molecule has 100 valence electrons. The van der Waals surface area contributed by atoms with Gasteiger partial charge in [-0.1, -0.05) is 25.1 Å². The Bertz CT molecular complexity index is 338. The fraction of sp³-hybridized carbons (Fsp3) is 0.625. The third-order valence-corrected chi connectivity index (χ3v) is 4.03. The molecule has 0 bridgehead atoms. The third-order valence-electron chi connectivity index (χ3n) is 4.03. The van der Waals surface area contributed by atoms with Crippen molar-refractivity contribution in [3.63, 3.8) is 0 Å². The zero-order valence-corrected chi connectivity index (χ0v) is 11.3. The quantitative estimate of drug-likeness (QED) is 0.807. The second-order valence-corrected chi connectivity index (χ2v) is 5.65. The summed E-state index contributed by atoms with van der Waals surface area (Å²) in [6.45, 7) is 3.15. The van der Waals surface area contributed by atoms with Crippen LogP contribution in [0.15, 0.2) is 30.3 Å². The van der Waals surface area contributed by atoms with Gasteiger partial charge in [-0.05, 0) is 56.1 Å². The van der Waals surface area contributed by atoms with Crippen LogP contribution in [0, 0.1) is 11.8 Å². The lowest BCUT2D eigenvalue weighted by molar-refractivity contribution is 0.213. The number of hydrogen-bond acceptors (Lipinski definition) is 2. The van der Waals surface area contributed by atoms with E-state index in [1.54, 1.807) is 0 Å². The fourth-order valence-corrected chi connectivity index (χ4v) is 2.91. The lowest BCUT2D eigenvalue weighted by Crippen LogP contribution is -2.35. The van der Waals surface area contributed by atoms with Crippen molar-refractivity contribution in [2.75, 3.05) is 6.61 Å². The molecular weight excluding hydrogens is 222 g/mol. The largest absolute Gasteiger partial charge is 0.494 e. The first kappa shape index (κ1) is 13.4. The summed E-state index contributed by atoms with van der Waals surface area (Å²) < 4.78 is 5.72. The minimum atomic E-state index is 0.415. The molecule has 3 unspecified atom stereocenters. The van der Waals surface area contributed by atoms with Gasteiger partial charge in [0.15, 0.2) is 0 Å². The van der Waals surface area contributed by atoms with Crippen LogP contribution in [0.2, 0.25) is 0 Å². The number of benzene rings is 1. The summed E-state index contributed by atoms with van der Waals surface area (Å²) in [4.78, 5) is 0. The predicted octanol–water partition coefficient (Wildman–Crippen LogP) is 3.61. The maximum absolute atomic E-state index is 6.19. The molecule has 2 nitrogen and oxygen atoms in total. The Hall–Kier alpha value is -1.02. The zero-order valence-electron chi connectivity index (χ0n) is 11.3. The van der Waals surface area contributed by atoms with E-state index < -0.39 is 0 Å². The molecule has 1 aromatic carbocycles. The van der Waals surface area contributed by atoms with Crippen molar-refractivity contribution in [1.82, 2.24) is 0 Å². The Morgan fingerprint density at radius 2 is 2.00 bits per heavy atom. The van der Waals surface area contributed by atoms with Crippen molar-refractivity contribution in [3.05, 3.63) is 30.3 Å². The van der Waals surface area contributed by atoms with Crippen molar-refractivity contribution in [1.29, 1.82) is 0 Å². The molecule has 0 amide bonds. The summed E-state index contributed by atoms with van der Waals surface area (Å²) in [6, 6.07) is 10.5. The lowest BCUT2D eigenvalue weighted by atomic mass is 9.77. The van der Waals surface area contributed by atoms with Crippen LogP contribution < -0.4 is 10.5 Å². The maximum Gasteiger partial charge on any atom is 0.119 e. The molecule has 0 heterocycles. The average molecular weight is 247 g/mol. The van der Waals surface area contributed by atoms with Gasteiger partial charge in [0.2, 0.25) is 0 Å². The summed E-state index contributed by atoms with van der Waals surface area (Å²) in [5.74, 6) is 2.52. The Labute approximate surface area is 111 Å². The van der Waals surface area contributed by atoms with Gasteiger partial charge in [0.1, 0.15) is 5.75 Å². The van der Waals surface area contributed by atoms with Crippen LogP contribution in [0.3, 0.4) is 0 Å². The Balaban J connectivity index is 1.66. The molecule has 1 aliphatic carbocycles. The SMILES string of the molecule is CC1CCC(N)C(CCCOc2ccccc2)C1. The smallest absolute Gasteiger partial charge is 0.119 e. The first-order valence-electron chi connectivity index (χ1n) is 7.19. The van der Waals surface area contributed by atoms with E-state index in [4.69, 9.17) is 10.5 Å². The molecule has 0 aromatic heterocycles. The monoisotopic (exact) mass is 247 g/mol. The summed E-state index contributed by atoms with van der Waals surface area (Å²) in [6.07, 6.45) is 6.12. The molecule has 0 radical (unpaired) electrons. The van der Waals surface area contributed by atoms with Crippen LogP contribution in [0.4, 0.5) is 0 Å². The van der Waals surface area contributed by atoms with Gasteiger partial charge >= 0.3 is 0 Å². The van der Waals surface area contributed by atoms with Gasteiger partial charge in [0.25, 0.3) is 0 Å². The van der Waals surface area contributed by atoms with E-state index in [1.165, 1.54) is 25.7 Å². The van der Waals surface area contributed by atoms with Gasteiger partial charge in [0, 0.05) is 6.04 Å². The summed E-state index contributed by atoms with van der Waals surface area (Å²) in [7, 11) is 0. The highest BCUT2D eigenvalue weighted by atomic mass is 16.5. The van der Waals surface area contributed by atoms with Crippen LogP contribution in [-0.4, -0.2) is 12.6 Å². The fourth-order valence-electron chi connectivity index (χ4n) is 2.91. The van der Waals surface area contributed by atoms with E-state index in [9.17, 15) is 0 Å². The van der Waals surface area contributed by atoms with Gasteiger partial charge in [-0.25, -0.2) is 0 Å². The van der Waals surface area contributed by atoms with Gasteiger partial charge < -0.3 is 10.5 Å². The average Bonchev–Trinajstić information content (AvgIpc) is 2.40. The molecule has 3 atom stereocenters. The summed E-state index contributed by atoms with van der Waals surface area (Å²) >= 11 is 0. The summed E-state index contributed by atoms with van der Waals surface area (Å²) in [5.41, 5.74) is 6.19. The Morgan fingerprint density at radius 3 is 2.78 bits per heavy atom. The van der Waals surface area contributed by atoms with Crippen molar-refractivity contribution in [2.24, 2.45) is 17.6 Å². The van der Waals surface area contributed by atoms with Crippen molar-refractivity contribution >= 4 is 0 Å². The van der Waals surface area contributed by atoms with E-state index >= 15 is 0 Å². The first-order chi connectivity index (χ1) is 8.75. The van der Waals surface area contributed by atoms with Gasteiger partial charge in [-0.15, -0.1) is 0 Å². The second kappa shape index (κ2) is 6.79. The number of nitrogens with two attached hydrogens (primary N) is 1. The molecule has 2 N–H and O–H groups in total. The molecule has 1 aromatic rings. The van der Waals surface area contributed by atoms with E-state index in [0.29, 0.717) is 12.0 Å². The molecule has 1 saturated carbocycles. The number of hydrogen-bond donors (Lipinski definition) is 1. The first-order valence-corrected chi connectivity index (χ1v) is 7.19. The molecule has 2 rings (SSSR count). The maximum atomic E-state index is 6.19. The van der Waals surface area contributed by atoms with Crippen molar-refractivity contribution < 1.29 is 4.74 Å². The normalized spacial score (nSPS) is 28.0. The minimum absolute atomic E-state index is 0.415. The van der Waals surface area contributed by atoms with Gasteiger partial charge in [0.05, 0.1) is 6.61 Å². The van der Waals surface area contributed by atoms with Crippen LogP contribution >= 0.6 is 0 Å². The molecule has 18 heavy (non-hydrogen) atoms. The lowest BCUT2D eigenvalue weighted by Gasteiger charge is -2.32. The van der Waals surface area contributed by atoms with Gasteiger partial charge in [-0.2, -0.15) is 0 Å². The third kappa shape index (κ3) is 4.02. The van der Waals surface area contributed by atoms with Gasteiger partial charge in [-0.3, -0.25) is 0 Å². The van der Waals surface area contributed by atoms with Crippen molar-refractivity contribution in [3.8, 4) is 5.75 Å². The number of ether oxygens (including phenoxy) is 1. The molecule has 0 aliphatic heterocycles. The zero-order chi connectivity index (χ0) is 12.8. The van der Waals surface area contributed by atoms with E-state index in [0.717, 1.165) is 24.7 Å². The predicted molar refractivity (Wildman–Crippen MR) is 75.7 cm³/mol. The molecule has 0 saturated heterocycles. The highest BCUT2D eigenvalue weighted by Gasteiger charge is 2.25. The molecule has 2 heteroatoms. The minimum Gasteiger partial charge on any atom is -0.494 e. The molecule has 0 spiro atoms. The standard InChI is InChI=1S/C16H25NO/c1-13-9-10-16(17)14(12-13)6-5-11-18-15-7-3-2-4-8-15/h2-4,7-8,13-14,16H,5-6,9-12,17H2,1H3. The molecule has 1 aliphatic rings. The van der Waals surface area contributed by atoms with E-state index in [-0.39, 0.29) is 0 Å². The summed E-state index contributed by atoms with van der Waals surface area (Å²) in [5, 5.41) is 0. The molecule has 1 fully saturated rings.